The molecule has 0 aromatic heterocycles. The summed E-state index contributed by atoms with van der Waals surface area (Å²) in [6.45, 7) is 16.7. The molecule has 158 valence electrons. The van der Waals surface area contributed by atoms with E-state index >= 15 is 0 Å². The standard InChI is InChI=1S/C28H46/c1-7-21-18-22-25-14-13-23(20(4)12-11-19(2)3)28(25,6)17-15-26(22)27(5)16-9-8-10-24(21)27/h7,20,22-26H,2,8-18H2,1,3-6H3/b21-7+/t20-,22?,23?,24?,25?,26?,27?,28?/m1/s1. The van der Waals surface area contributed by atoms with Crippen LogP contribution in [0.15, 0.2) is 23.8 Å². The van der Waals surface area contributed by atoms with Gasteiger partial charge in [0.1, 0.15) is 0 Å². The summed E-state index contributed by atoms with van der Waals surface area (Å²) < 4.78 is 0. The Morgan fingerprint density at radius 1 is 1.07 bits per heavy atom. The van der Waals surface area contributed by atoms with Gasteiger partial charge >= 0.3 is 0 Å². The van der Waals surface area contributed by atoms with Gasteiger partial charge in [-0.1, -0.05) is 50.8 Å². The summed E-state index contributed by atoms with van der Waals surface area (Å²) in [6.07, 6.45) is 18.5. The Kier molecular flexibility index (Phi) is 5.65. The Balaban J connectivity index is 1.58. The largest absolute Gasteiger partial charge is 0.100 e. The molecule has 0 bridgehead atoms. The van der Waals surface area contributed by atoms with Gasteiger partial charge in [-0.3, -0.25) is 0 Å². The Labute approximate surface area is 175 Å². The fourth-order valence-electron chi connectivity index (χ4n) is 9.19. The summed E-state index contributed by atoms with van der Waals surface area (Å²) in [5.41, 5.74) is 4.43. The van der Waals surface area contributed by atoms with Crippen LogP contribution in [0.5, 0.6) is 0 Å². The van der Waals surface area contributed by atoms with E-state index in [0.717, 1.165) is 35.5 Å². The molecule has 4 rings (SSSR count). The Morgan fingerprint density at radius 2 is 1.82 bits per heavy atom. The molecule has 0 heterocycles. The number of fused-ring (bicyclic) bond motifs is 5. The molecule has 4 fully saturated rings. The maximum Gasteiger partial charge on any atom is -0.0146 e. The van der Waals surface area contributed by atoms with E-state index in [9.17, 15) is 0 Å². The van der Waals surface area contributed by atoms with Crippen LogP contribution in [-0.2, 0) is 0 Å². The minimum absolute atomic E-state index is 0.604. The zero-order chi connectivity index (χ0) is 20.1. The molecule has 4 aliphatic carbocycles. The highest BCUT2D eigenvalue weighted by Crippen LogP contribution is 2.69. The second-order valence-corrected chi connectivity index (χ2v) is 12.0. The predicted molar refractivity (Wildman–Crippen MR) is 122 cm³/mol. The van der Waals surface area contributed by atoms with Crippen LogP contribution in [0.3, 0.4) is 0 Å². The van der Waals surface area contributed by atoms with Crippen LogP contribution in [0.25, 0.3) is 0 Å². The van der Waals surface area contributed by atoms with Gasteiger partial charge in [0.2, 0.25) is 0 Å². The van der Waals surface area contributed by atoms with Crippen molar-refractivity contribution in [1.29, 1.82) is 0 Å². The lowest BCUT2D eigenvalue weighted by Gasteiger charge is -2.61. The summed E-state index contributed by atoms with van der Waals surface area (Å²) >= 11 is 0. The Hall–Kier alpha value is -0.520. The molecule has 0 aromatic carbocycles. The van der Waals surface area contributed by atoms with Gasteiger partial charge in [-0.05, 0) is 118 Å². The van der Waals surface area contributed by atoms with Gasteiger partial charge < -0.3 is 0 Å². The van der Waals surface area contributed by atoms with Crippen LogP contribution in [0, 0.1) is 46.3 Å². The minimum Gasteiger partial charge on any atom is -0.100 e. The highest BCUT2D eigenvalue weighted by atomic mass is 14.6. The van der Waals surface area contributed by atoms with Crippen molar-refractivity contribution in [3.63, 3.8) is 0 Å². The number of hydrogen-bond donors (Lipinski definition) is 0. The quantitative estimate of drug-likeness (QED) is 0.427. The molecule has 0 aliphatic heterocycles. The second-order valence-electron chi connectivity index (χ2n) is 12.0. The lowest BCUT2D eigenvalue weighted by Crippen LogP contribution is -2.53. The van der Waals surface area contributed by atoms with Crippen molar-refractivity contribution in [3.05, 3.63) is 23.8 Å². The van der Waals surface area contributed by atoms with Gasteiger partial charge in [-0.25, -0.2) is 0 Å². The molecule has 7 unspecified atom stereocenters. The van der Waals surface area contributed by atoms with Crippen LogP contribution in [-0.4, -0.2) is 0 Å². The summed E-state index contributed by atoms with van der Waals surface area (Å²) in [6, 6.07) is 0. The lowest BCUT2D eigenvalue weighted by molar-refractivity contribution is -0.0940. The van der Waals surface area contributed by atoms with Crippen LogP contribution in [0.1, 0.15) is 105 Å². The molecule has 0 amide bonds. The predicted octanol–water partition coefficient (Wildman–Crippen LogP) is 8.58. The fraction of sp³-hybridized carbons (Fsp3) is 0.857. The zero-order valence-electron chi connectivity index (χ0n) is 19.5. The molecule has 0 saturated heterocycles. The van der Waals surface area contributed by atoms with Crippen molar-refractivity contribution in [2.45, 2.75) is 105 Å². The first-order chi connectivity index (χ1) is 13.3. The summed E-state index contributed by atoms with van der Waals surface area (Å²) in [5, 5.41) is 0. The zero-order valence-corrected chi connectivity index (χ0v) is 19.5. The van der Waals surface area contributed by atoms with E-state index < -0.39 is 0 Å². The first kappa shape index (κ1) is 20.7. The van der Waals surface area contributed by atoms with E-state index in [1.807, 2.05) is 5.57 Å². The van der Waals surface area contributed by atoms with Crippen LogP contribution < -0.4 is 0 Å². The third-order valence-electron chi connectivity index (χ3n) is 10.6. The van der Waals surface area contributed by atoms with E-state index in [-0.39, 0.29) is 0 Å². The Morgan fingerprint density at radius 3 is 2.54 bits per heavy atom. The number of allylic oxidation sites excluding steroid dienone is 3. The smallest absolute Gasteiger partial charge is 0.0146 e. The van der Waals surface area contributed by atoms with Crippen LogP contribution in [0.2, 0.25) is 0 Å². The molecule has 0 radical (unpaired) electrons. The van der Waals surface area contributed by atoms with Gasteiger partial charge in [-0.15, -0.1) is 6.58 Å². The first-order valence-electron chi connectivity index (χ1n) is 12.6. The van der Waals surface area contributed by atoms with Crippen molar-refractivity contribution in [3.8, 4) is 0 Å². The molecule has 0 aromatic rings. The lowest BCUT2D eigenvalue weighted by atomic mass is 9.43. The molecule has 4 saturated carbocycles. The van der Waals surface area contributed by atoms with E-state index in [2.05, 4.69) is 47.3 Å². The SMILES string of the molecule is C=C(C)CC[C@@H](C)C1CCC2C3C/C(=C\C)C4CCCCC4(C)C3CCC21C. The Bertz CT molecular complexity index is 626. The molecule has 28 heavy (non-hydrogen) atoms. The third kappa shape index (κ3) is 3.16. The van der Waals surface area contributed by atoms with Crippen molar-refractivity contribution in [2.24, 2.45) is 46.3 Å². The van der Waals surface area contributed by atoms with Crippen molar-refractivity contribution >= 4 is 0 Å². The molecule has 0 heteroatoms. The molecular weight excluding hydrogens is 336 g/mol. The number of rotatable bonds is 4. The maximum absolute atomic E-state index is 4.16. The summed E-state index contributed by atoms with van der Waals surface area (Å²) in [5.74, 6) is 5.68. The highest BCUT2D eigenvalue weighted by molar-refractivity contribution is 5.21. The molecule has 0 N–H and O–H groups in total. The van der Waals surface area contributed by atoms with Gasteiger partial charge in [-0.2, -0.15) is 0 Å². The second kappa shape index (κ2) is 7.63. The van der Waals surface area contributed by atoms with E-state index in [1.165, 1.54) is 76.2 Å². The summed E-state index contributed by atoms with van der Waals surface area (Å²) in [7, 11) is 0. The van der Waals surface area contributed by atoms with Crippen molar-refractivity contribution < 1.29 is 0 Å². The third-order valence-corrected chi connectivity index (χ3v) is 10.6. The van der Waals surface area contributed by atoms with Crippen molar-refractivity contribution in [1.82, 2.24) is 0 Å². The van der Waals surface area contributed by atoms with Gasteiger partial charge in [0, 0.05) is 0 Å². The van der Waals surface area contributed by atoms with E-state index in [4.69, 9.17) is 0 Å². The first-order valence-corrected chi connectivity index (χ1v) is 12.6. The molecule has 4 aliphatic rings. The minimum atomic E-state index is 0.604. The van der Waals surface area contributed by atoms with Crippen molar-refractivity contribution in [2.75, 3.05) is 0 Å². The summed E-state index contributed by atoms with van der Waals surface area (Å²) in [4.78, 5) is 0. The van der Waals surface area contributed by atoms with Crippen LogP contribution >= 0.6 is 0 Å². The average Bonchev–Trinajstić information content (AvgIpc) is 3.02. The molecular formula is C28H46. The highest BCUT2D eigenvalue weighted by Gasteiger charge is 2.60. The van der Waals surface area contributed by atoms with E-state index in [0.29, 0.717) is 10.8 Å². The topological polar surface area (TPSA) is 0 Å². The van der Waals surface area contributed by atoms with Crippen LogP contribution in [0.4, 0.5) is 0 Å². The maximum atomic E-state index is 4.16. The van der Waals surface area contributed by atoms with Gasteiger partial charge in [0.25, 0.3) is 0 Å². The van der Waals surface area contributed by atoms with E-state index in [1.54, 1.807) is 0 Å². The van der Waals surface area contributed by atoms with Gasteiger partial charge in [0.05, 0.1) is 0 Å². The fourth-order valence-corrected chi connectivity index (χ4v) is 9.19. The average molecular weight is 383 g/mol. The van der Waals surface area contributed by atoms with Gasteiger partial charge in [0.15, 0.2) is 0 Å². The monoisotopic (exact) mass is 382 g/mol. The molecule has 0 nitrogen and oxygen atoms in total. The molecule has 8 atom stereocenters. The normalized spacial score (nSPS) is 47.9. The molecule has 0 spiro atoms. The number of hydrogen-bond acceptors (Lipinski definition) is 0.